The SMILES string of the molecule is Cc1cc(=O)c(O)c(-c2[nH]c(-c3ccc4c(c3)n(C)c(=O)n4C)nc2-c2ccccc2)o1. The van der Waals surface area contributed by atoms with E-state index in [9.17, 15) is 14.7 Å². The van der Waals surface area contributed by atoms with Gasteiger partial charge in [-0.3, -0.25) is 13.9 Å². The number of aromatic amines is 1. The maximum absolute atomic E-state index is 12.3. The standard InChI is InChI=1S/C24H20N4O4/c1-13-11-18(29)21(30)22(32-13)20-19(14-7-5-4-6-8-14)25-23(26-20)15-9-10-16-17(12-15)28(3)24(31)27(16)2/h4-12,30H,1-3H3,(H,25,26). The highest BCUT2D eigenvalue weighted by Crippen LogP contribution is 2.36. The highest BCUT2D eigenvalue weighted by Gasteiger charge is 2.22. The molecule has 0 aliphatic carbocycles. The van der Waals surface area contributed by atoms with Crippen LogP contribution in [0, 0.1) is 6.92 Å². The molecule has 32 heavy (non-hydrogen) atoms. The molecule has 0 unspecified atom stereocenters. The first-order valence-corrected chi connectivity index (χ1v) is 10.0. The summed E-state index contributed by atoms with van der Waals surface area (Å²) in [6.07, 6.45) is 0. The van der Waals surface area contributed by atoms with Crippen LogP contribution >= 0.6 is 0 Å². The molecule has 0 aliphatic rings. The molecule has 8 heteroatoms. The van der Waals surface area contributed by atoms with E-state index in [-0.39, 0.29) is 11.4 Å². The predicted octanol–water partition coefficient (Wildman–Crippen LogP) is 3.57. The zero-order valence-corrected chi connectivity index (χ0v) is 17.7. The van der Waals surface area contributed by atoms with Crippen LogP contribution in [0.3, 0.4) is 0 Å². The largest absolute Gasteiger partial charge is 0.501 e. The Hall–Kier alpha value is -4.33. The third-order valence-corrected chi connectivity index (χ3v) is 5.57. The number of hydrogen-bond donors (Lipinski definition) is 2. The van der Waals surface area contributed by atoms with Gasteiger partial charge in [-0.15, -0.1) is 0 Å². The van der Waals surface area contributed by atoms with Gasteiger partial charge in [0.15, 0.2) is 5.76 Å². The Morgan fingerprint density at radius 2 is 1.66 bits per heavy atom. The maximum Gasteiger partial charge on any atom is 0.328 e. The van der Waals surface area contributed by atoms with Gasteiger partial charge >= 0.3 is 5.69 Å². The van der Waals surface area contributed by atoms with Gasteiger partial charge in [-0.05, 0) is 25.1 Å². The van der Waals surface area contributed by atoms with Gasteiger partial charge in [-0.25, -0.2) is 9.78 Å². The first-order valence-electron chi connectivity index (χ1n) is 10.0. The number of hydrogen-bond acceptors (Lipinski definition) is 5. The van der Waals surface area contributed by atoms with Crippen LogP contribution in [0.15, 0.2) is 68.6 Å². The summed E-state index contributed by atoms with van der Waals surface area (Å²) in [6.45, 7) is 1.65. The Balaban J connectivity index is 1.77. The molecule has 0 fully saturated rings. The van der Waals surface area contributed by atoms with Gasteiger partial charge in [0, 0.05) is 31.3 Å². The van der Waals surface area contributed by atoms with Crippen molar-refractivity contribution in [2.45, 2.75) is 6.92 Å². The van der Waals surface area contributed by atoms with Crippen molar-refractivity contribution in [1.82, 2.24) is 19.1 Å². The smallest absolute Gasteiger partial charge is 0.328 e. The lowest BCUT2D eigenvalue weighted by molar-refractivity contribution is 0.429. The lowest BCUT2D eigenvalue weighted by Crippen LogP contribution is -2.19. The molecule has 0 aliphatic heterocycles. The highest BCUT2D eigenvalue weighted by atomic mass is 16.4. The van der Waals surface area contributed by atoms with Gasteiger partial charge in [0.1, 0.15) is 23.0 Å². The lowest BCUT2D eigenvalue weighted by Gasteiger charge is -2.05. The molecule has 0 atom stereocenters. The Kier molecular flexibility index (Phi) is 4.37. The van der Waals surface area contributed by atoms with Crippen LogP contribution in [-0.4, -0.2) is 24.2 Å². The van der Waals surface area contributed by atoms with E-state index in [1.165, 1.54) is 6.07 Å². The number of H-pyrrole nitrogens is 1. The van der Waals surface area contributed by atoms with Gasteiger partial charge in [-0.2, -0.15) is 0 Å². The molecule has 5 rings (SSSR count). The molecule has 0 radical (unpaired) electrons. The number of rotatable bonds is 3. The molecule has 3 aromatic heterocycles. The van der Waals surface area contributed by atoms with Crippen molar-refractivity contribution in [2.24, 2.45) is 14.1 Å². The number of benzene rings is 2. The number of fused-ring (bicyclic) bond motifs is 1. The summed E-state index contributed by atoms with van der Waals surface area (Å²) in [5.74, 6) is 0.434. The second-order valence-corrected chi connectivity index (χ2v) is 7.68. The van der Waals surface area contributed by atoms with E-state index in [0.717, 1.165) is 22.2 Å². The molecule has 0 saturated carbocycles. The normalized spacial score (nSPS) is 11.3. The Labute approximate surface area is 182 Å². The molecule has 2 aromatic carbocycles. The highest BCUT2D eigenvalue weighted by molar-refractivity contribution is 5.84. The number of aromatic hydroxyl groups is 1. The lowest BCUT2D eigenvalue weighted by atomic mass is 10.1. The molecule has 0 saturated heterocycles. The van der Waals surface area contributed by atoms with E-state index < -0.39 is 11.2 Å². The van der Waals surface area contributed by atoms with E-state index in [4.69, 9.17) is 9.40 Å². The first-order chi connectivity index (χ1) is 15.3. The molecule has 8 nitrogen and oxygen atoms in total. The third-order valence-electron chi connectivity index (χ3n) is 5.57. The second kappa shape index (κ2) is 7.12. The molecule has 160 valence electrons. The van der Waals surface area contributed by atoms with Crippen LogP contribution in [0.4, 0.5) is 0 Å². The molecular weight excluding hydrogens is 408 g/mol. The molecular formula is C24H20N4O4. The van der Waals surface area contributed by atoms with Crippen LogP contribution in [0.2, 0.25) is 0 Å². The van der Waals surface area contributed by atoms with Crippen molar-refractivity contribution in [3.05, 3.63) is 81.1 Å². The number of nitrogens with one attached hydrogen (secondary N) is 1. The number of imidazole rings is 2. The fraction of sp³-hybridized carbons (Fsp3) is 0.125. The zero-order chi connectivity index (χ0) is 22.6. The zero-order valence-electron chi connectivity index (χ0n) is 17.7. The van der Waals surface area contributed by atoms with Gasteiger partial charge in [0.25, 0.3) is 0 Å². The first kappa shape index (κ1) is 19.6. The second-order valence-electron chi connectivity index (χ2n) is 7.68. The van der Waals surface area contributed by atoms with Crippen molar-refractivity contribution >= 4 is 11.0 Å². The summed E-state index contributed by atoms with van der Waals surface area (Å²) in [5.41, 5.74) is 3.39. The summed E-state index contributed by atoms with van der Waals surface area (Å²) in [7, 11) is 3.45. The monoisotopic (exact) mass is 428 g/mol. The summed E-state index contributed by atoms with van der Waals surface area (Å²) in [5, 5.41) is 10.4. The third kappa shape index (κ3) is 2.96. The minimum absolute atomic E-state index is 0.0285. The van der Waals surface area contributed by atoms with Gasteiger partial charge in [0.05, 0.1) is 11.0 Å². The van der Waals surface area contributed by atoms with E-state index in [1.807, 2.05) is 48.5 Å². The minimum atomic E-state index is -0.528. The average molecular weight is 428 g/mol. The van der Waals surface area contributed by atoms with Crippen molar-refractivity contribution in [2.75, 3.05) is 0 Å². The molecule has 2 N–H and O–H groups in total. The van der Waals surface area contributed by atoms with Crippen LogP contribution in [0.25, 0.3) is 45.1 Å². The summed E-state index contributed by atoms with van der Waals surface area (Å²) in [6, 6.07) is 16.3. The molecule has 0 amide bonds. The van der Waals surface area contributed by atoms with E-state index in [1.54, 1.807) is 30.2 Å². The fourth-order valence-electron chi connectivity index (χ4n) is 3.91. The number of aryl methyl sites for hydroxylation is 3. The topological polar surface area (TPSA) is 106 Å². The van der Waals surface area contributed by atoms with Crippen LogP contribution in [0.5, 0.6) is 5.75 Å². The van der Waals surface area contributed by atoms with Crippen LogP contribution in [0.1, 0.15) is 5.76 Å². The Morgan fingerprint density at radius 1 is 0.938 bits per heavy atom. The fourth-order valence-corrected chi connectivity index (χ4v) is 3.91. The molecule has 3 heterocycles. The van der Waals surface area contributed by atoms with Gasteiger partial charge in [0.2, 0.25) is 11.2 Å². The summed E-state index contributed by atoms with van der Waals surface area (Å²) >= 11 is 0. The molecule has 0 spiro atoms. The van der Waals surface area contributed by atoms with E-state index >= 15 is 0 Å². The van der Waals surface area contributed by atoms with Crippen molar-refractivity contribution < 1.29 is 9.52 Å². The number of nitrogens with zero attached hydrogens (tertiary/aromatic N) is 3. The Bertz CT molecular complexity index is 1600. The quantitative estimate of drug-likeness (QED) is 0.457. The van der Waals surface area contributed by atoms with Gasteiger partial charge < -0.3 is 14.5 Å². The van der Waals surface area contributed by atoms with Crippen LogP contribution < -0.4 is 11.1 Å². The van der Waals surface area contributed by atoms with Gasteiger partial charge in [-0.1, -0.05) is 30.3 Å². The summed E-state index contributed by atoms with van der Waals surface area (Å²) in [4.78, 5) is 32.5. The summed E-state index contributed by atoms with van der Waals surface area (Å²) < 4.78 is 8.89. The van der Waals surface area contributed by atoms with Crippen molar-refractivity contribution in [3.8, 4) is 39.8 Å². The van der Waals surface area contributed by atoms with Crippen LogP contribution in [-0.2, 0) is 14.1 Å². The Morgan fingerprint density at radius 3 is 2.41 bits per heavy atom. The minimum Gasteiger partial charge on any atom is -0.501 e. The maximum atomic E-state index is 12.3. The van der Waals surface area contributed by atoms with Crippen molar-refractivity contribution in [1.29, 1.82) is 0 Å². The van der Waals surface area contributed by atoms with Crippen molar-refractivity contribution in [3.63, 3.8) is 0 Å². The van der Waals surface area contributed by atoms with E-state index in [2.05, 4.69) is 4.98 Å². The van der Waals surface area contributed by atoms with E-state index in [0.29, 0.717) is 23.0 Å². The predicted molar refractivity (Wildman–Crippen MR) is 122 cm³/mol. The molecule has 5 aromatic rings. The number of aromatic nitrogens is 4. The average Bonchev–Trinajstić information content (AvgIpc) is 3.33. The molecule has 0 bridgehead atoms.